The van der Waals surface area contributed by atoms with Crippen molar-refractivity contribution in [1.29, 1.82) is 0 Å². The van der Waals surface area contributed by atoms with Crippen molar-refractivity contribution in [2.45, 2.75) is 0 Å². The molecule has 1 rings (SSSR count). The minimum atomic E-state index is -1.66. The Hall–Kier alpha value is -1.40. The highest BCUT2D eigenvalue weighted by molar-refractivity contribution is 6.60. The SMILES string of the molecule is NN=Cc1cc(F)ccc1B(O)O. The van der Waals surface area contributed by atoms with E-state index in [1.54, 1.807) is 0 Å². The second-order valence-electron chi connectivity index (χ2n) is 2.43. The third-order valence-corrected chi connectivity index (χ3v) is 1.54. The monoisotopic (exact) mass is 182 g/mol. The number of benzene rings is 1. The minimum absolute atomic E-state index is 0.163. The Kier molecular flexibility index (Phi) is 3.00. The van der Waals surface area contributed by atoms with Crippen LogP contribution in [0.4, 0.5) is 4.39 Å². The number of nitrogens with zero attached hydrogens (tertiary/aromatic N) is 1. The summed E-state index contributed by atoms with van der Waals surface area (Å²) in [6.07, 6.45) is 1.15. The van der Waals surface area contributed by atoms with Crippen LogP contribution in [-0.4, -0.2) is 23.4 Å². The second-order valence-corrected chi connectivity index (χ2v) is 2.43. The Morgan fingerprint density at radius 2 is 2.15 bits per heavy atom. The van der Waals surface area contributed by atoms with Gasteiger partial charge in [0.15, 0.2) is 0 Å². The fraction of sp³-hybridized carbons (Fsp3) is 0. The van der Waals surface area contributed by atoms with Gasteiger partial charge in [-0.15, -0.1) is 0 Å². The number of hydrogen-bond acceptors (Lipinski definition) is 4. The van der Waals surface area contributed by atoms with Crippen LogP contribution in [0.25, 0.3) is 0 Å². The predicted molar refractivity (Wildman–Crippen MR) is 48.0 cm³/mol. The van der Waals surface area contributed by atoms with Crippen LogP contribution < -0.4 is 11.3 Å². The summed E-state index contributed by atoms with van der Waals surface area (Å²) in [5.74, 6) is 4.38. The highest BCUT2D eigenvalue weighted by Crippen LogP contribution is 1.99. The first-order chi connectivity index (χ1) is 6.15. The quantitative estimate of drug-likeness (QED) is 0.232. The molecular weight excluding hydrogens is 174 g/mol. The van der Waals surface area contributed by atoms with Crippen LogP contribution in [0.15, 0.2) is 23.3 Å². The van der Waals surface area contributed by atoms with Gasteiger partial charge in [-0.05, 0) is 23.2 Å². The summed E-state index contributed by atoms with van der Waals surface area (Å²) < 4.78 is 12.7. The molecule has 0 aromatic heterocycles. The maximum Gasteiger partial charge on any atom is 0.489 e. The van der Waals surface area contributed by atoms with Crippen LogP contribution >= 0.6 is 0 Å². The van der Waals surface area contributed by atoms with Crippen molar-refractivity contribution in [2.75, 3.05) is 0 Å². The van der Waals surface area contributed by atoms with Gasteiger partial charge >= 0.3 is 7.12 Å². The van der Waals surface area contributed by atoms with Crippen molar-refractivity contribution in [1.82, 2.24) is 0 Å². The average molecular weight is 182 g/mol. The van der Waals surface area contributed by atoms with Crippen LogP contribution in [0.2, 0.25) is 0 Å². The van der Waals surface area contributed by atoms with Gasteiger partial charge in [0.1, 0.15) is 5.82 Å². The van der Waals surface area contributed by atoms with Crippen molar-refractivity contribution in [3.63, 3.8) is 0 Å². The van der Waals surface area contributed by atoms with E-state index in [0.717, 1.165) is 18.3 Å². The molecule has 0 fully saturated rings. The molecule has 4 N–H and O–H groups in total. The lowest BCUT2D eigenvalue weighted by Gasteiger charge is -2.03. The molecule has 0 aliphatic rings. The van der Waals surface area contributed by atoms with Crippen molar-refractivity contribution >= 4 is 18.8 Å². The molecule has 13 heavy (non-hydrogen) atoms. The van der Waals surface area contributed by atoms with Gasteiger partial charge in [-0.25, -0.2) is 4.39 Å². The van der Waals surface area contributed by atoms with E-state index in [9.17, 15) is 4.39 Å². The smallest absolute Gasteiger partial charge is 0.423 e. The van der Waals surface area contributed by atoms with Crippen LogP contribution in [0.1, 0.15) is 5.56 Å². The number of nitrogens with two attached hydrogens (primary N) is 1. The van der Waals surface area contributed by atoms with Crippen LogP contribution in [0.5, 0.6) is 0 Å². The van der Waals surface area contributed by atoms with Crippen molar-refractivity contribution in [3.8, 4) is 0 Å². The summed E-state index contributed by atoms with van der Waals surface area (Å²) >= 11 is 0. The van der Waals surface area contributed by atoms with E-state index >= 15 is 0 Å². The maximum absolute atomic E-state index is 12.7. The summed E-state index contributed by atoms with van der Waals surface area (Å²) in [4.78, 5) is 0. The van der Waals surface area contributed by atoms with E-state index in [0.29, 0.717) is 0 Å². The Labute approximate surface area is 74.6 Å². The zero-order chi connectivity index (χ0) is 9.84. The van der Waals surface area contributed by atoms with Gasteiger partial charge in [-0.2, -0.15) is 5.10 Å². The van der Waals surface area contributed by atoms with Gasteiger partial charge in [0, 0.05) is 0 Å². The van der Waals surface area contributed by atoms with Gasteiger partial charge in [0.25, 0.3) is 0 Å². The molecule has 1 aromatic carbocycles. The third-order valence-electron chi connectivity index (χ3n) is 1.54. The Morgan fingerprint density at radius 3 is 2.69 bits per heavy atom. The molecule has 0 radical (unpaired) electrons. The Bertz CT molecular complexity index is 330. The average Bonchev–Trinajstić information content (AvgIpc) is 2.04. The molecule has 68 valence electrons. The molecule has 0 atom stereocenters. The van der Waals surface area contributed by atoms with Gasteiger partial charge in [0.2, 0.25) is 0 Å². The number of rotatable bonds is 2. The van der Waals surface area contributed by atoms with Crippen molar-refractivity contribution in [3.05, 3.63) is 29.6 Å². The van der Waals surface area contributed by atoms with Gasteiger partial charge in [-0.3, -0.25) is 0 Å². The zero-order valence-corrected chi connectivity index (χ0v) is 6.68. The molecule has 0 saturated heterocycles. The van der Waals surface area contributed by atoms with Gasteiger partial charge in [0.05, 0.1) is 6.21 Å². The van der Waals surface area contributed by atoms with Gasteiger partial charge < -0.3 is 15.9 Å². The normalized spacial score (nSPS) is 10.7. The number of hydrazone groups is 1. The zero-order valence-electron chi connectivity index (χ0n) is 6.68. The lowest BCUT2D eigenvalue weighted by molar-refractivity contribution is 0.425. The van der Waals surface area contributed by atoms with E-state index in [-0.39, 0.29) is 11.0 Å². The summed E-state index contributed by atoms with van der Waals surface area (Å²) in [5.41, 5.74) is 0.410. The van der Waals surface area contributed by atoms with Crippen molar-refractivity contribution in [2.24, 2.45) is 10.9 Å². The molecule has 0 spiro atoms. The van der Waals surface area contributed by atoms with E-state index in [2.05, 4.69) is 5.10 Å². The standard InChI is InChI=1S/C7H8BFN2O2/c9-6-1-2-7(8(12)13)5(3-6)4-11-10/h1-4,12-13H,10H2. The number of hydrogen-bond donors (Lipinski definition) is 3. The largest absolute Gasteiger partial charge is 0.489 e. The van der Waals surface area contributed by atoms with Crippen LogP contribution in [-0.2, 0) is 0 Å². The molecule has 4 nitrogen and oxygen atoms in total. The van der Waals surface area contributed by atoms with Crippen LogP contribution in [0.3, 0.4) is 0 Å². The second kappa shape index (κ2) is 4.02. The third kappa shape index (κ3) is 2.27. The molecule has 0 aliphatic heterocycles. The number of halogens is 1. The molecular formula is C7H8BFN2O2. The highest BCUT2D eigenvalue weighted by atomic mass is 19.1. The topological polar surface area (TPSA) is 78.8 Å². The lowest BCUT2D eigenvalue weighted by Crippen LogP contribution is -2.33. The lowest BCUT2D eigenvalue weighted by atomic mass is 9.77. The Morgan fingerprint density at radius 1 is 1.46 bits per heavy atom. The first-order valence-electron chi connectivity index (χ1n) is 3.54. The molecule has 0 saturated carbocycles. The molecule has 0 bridgehead atoms. The summed E-state index contributed by atoms with van der Waals surface area (Å²) in [6.45, 7) is 0. The molecule has 6 heteroatoms. The van der Waals surface area contributed by atoms with E-state index in [1.807, 2.05) is 0 Å². The summed E-state index contributed by atoms with van der Waals surface area (Å²) in [5, 5.41) is 20.9. The minimum Gasteiger partial charge on any atom is -0.423 e. The van der Waals surface area contributed by atoms with E-state index in [4.69, 9.17) is 15.9 Å². The molecule has 0 amide bonds. The molecule has 0 heterocycles. The highest BCUT2D eigenvalue weighted by Gasteiger charge is 2.15. The van der Waals surface area contributed by atoms with E-state index in [1.165, 1.54) is 6.07 Å². The Balaban J connectivity index is 3.18. The summed E-state index contributed by atoms with van der Waals surface area (Å²) in [6, 6.07) is 3.50. The fourth-order valence-corrected chi connectivity index (χ4v) is 0.973. The van der Waals surface area contributed by atoms with E-state index < -0.39 is 12.9 Å². The van der Waals surface area contributed by atoms with Crippen LogP contribution in [0, 0.1) is 5.82 Å². The fourth-order valence-electron chi connectivity index (χ4n) is 0.973. The first kappa shape index (κ1) is 9.69. The van der Waals surface area contributed by atoms with Gasteiger partial charge in [-0.1, -0.05) is 6.07 Å². The maximum atomic E-state index is 12.7. The predicted octanol–water partition coefficient (Wildman–Crippen LogP) is -1.20. The van der Waals surface area contributed by atoms with Crippen molar-refractivity contribution < 1.29 is 14.4 Å². The molecule has 0 unspecified atom stereocenters. The molecule has 1 aromatic rings. The molecule has 0 aliphatic carbocycles. The summed E-state index contributed by atoms with van der Waals surface area (Å²) in [7, 11) is -1.66. The first-order valence-corrected chi connectivity index (χ1v) is 3.54.